The van der Waals surface area contributed by atoms with Crippen molar-refractivity contribution in [1.82, 2.24) is 23.9 Å². The molecule has 128 valence electrons. The third kappa shape index (κ3) is 3.08. The lowest BCUT2D eigenvalue weighted by molar-refractivity contribution is 0.131. The van der Waals surface area contributed by atoms with Crippen LogP contribution < -0.4 is 0 Å². The molecule has 0 amide bonds. The molecule has 0 aliphatic carbocycles. The van der Waals surface area contributed by atoms with Crippen LogP contribution in [0.4, 0.5) is 0 Å². The van der Waals surface area contributed by atoms with E-state index in [-0.39, 0.29) is 0 Å². The van der Waals surface area contributed by atoms with Crippen LogP contribution in [0.5, 0.6) is 0 Å². The Labute approximate surface area is 146 Å². The summed E-state index contributed by atoms with van der Waals surface area (Å²) < 4.78 is 5.77. The first-order valence-electron chi connectivity index (χ1n) is 8.36. The molecule has 0 aliphatic rings. The predicted octanol–water partition coefficient (Wildman–Crippen LogP) is 2.70. The van der Waals surface area contributed by atoms with Crippen molar-refractivity contribution in [2.24, 2.45) is 0 Å². The van der Waals surface area contributed by atoms with E-state index in [9.17, 15) is 5.11 Å². The lowest BCUT2D eigenvalue weighted by Gasteiger charge is -2.12. The minimum Gasteiger partial charge on any atom is -0.389 e. The molecule has 6 heteroatoms. The number of nitrogens with zero attached hydrogens (tertiary/aromatic N) is 5. The highest BCUT2D eigenvalue weighted by atomic mass is 16.3. The van der Waals surface area contributed by atoms with Crippen molar-refractivity contribution in [1.29, 1.82) is 0 Å². The summed E-state index contributed by atoms with van der Waals surface area (Å²) in [6.07, 6.45) is 8.92. The molecule has 1 aromatic carbocycles. The number of aryl methyl sites for hydroxylation is 2. The van der Waals surface area contributed by atoms with E-state index in [1.54, 1.807) is 17.2 Å². The van der Waals surface area contributed by atoms with Crippen LogP contribution in [0.1, 0.15) is 11.1 Å². The summed E-state index contributed by atoms with van der Waals surface area (Å²) in [6.45, 7) is 5.10. The second-order valence-corrected chi connectivity index (χ2v) is 6.49. The molecule has 0 fully saturated rings. The fourth-order valence-electron chi connectivity index (χ4n) is 3.05. The molecule has 0 saturated carbocycles. The van der Waals surface area contributed by atoms with E-state index in [0.717, 1.165) is 16.7 Å². The van der Waals surface area contributed by atoms with E-state index >= 15 is 0 Å². The Bertz CT molecular complexity index is 996. The van der Waals surface area contributed by atoms with Gasteiger partial charge in [-0.05, 0) is 49.2 Å². The summed E-state index contributed by atoms with van der Waals surface area (Å²) in [5.41, 5.74) is 5.45. The molecular weight excluding hydrogens is 314 g/mol. The topological polar surface area (TPSA) is 60.8 Å². The van der Waals surface area contributed by atoms with Gasteiger partial charge in [0, 0.05) is 18.6 Å². The molecule has 6 nitrogen and oxygen atoms in total. The lowest BCUT2D eigenvalue weighted by Crippen LogP contribution is -2.22. The maximum Gasteiger partial charge on any atom is 0.0959 e. The van der Waals surface area contributed by atoms with Gasteiger partial charge in [0.2, 0.25) is 0 Å². The Morgan fingerprint density at radius 3 is 2.64 bits per heavy atom. The summed E-state index contributed by atoms with van der Waals surface area (Å²) in [4.78, 5) is 4.44. The second kappa shape index (κ2) is 6.22. The van der Waals surface area contributed by atoms with Gasteiger partial charge >= 0.3 is 0 Å². The zero-order valence-electron chi connectivity index (χ0n) is 14.4. The monoisotopic (exact) mass is 335 g/mol. The Morgan fingerprint density at radius 2 is 1.84 bits per heavy atom. The van der Waals surface area contributed by atoms with Gasteiger partial charge in [-0.3, -0.25) is 4.68 Å². The predicted molar refractivity (Wildman–Crippen MR) is 96.8 cm³/mol. The highest BCUT2D eigenvalue weighted by Crippen LogP contribution is 2.19. The van der Waals surface area contributed by atoms with Crippen molar-refractivity contribution in [2.75, 3.05) is 0 Å². The highest BCUT2D eigenvalue weighted by Gasteiger charge is 2.11. The van der Waals surface area contributed by atoms with Gasteiger partial charge in [-0.2, -0.15) is 5.10 Å². The van der Waals surface area contributed by atoms with Crippen molar-refractivity contribution in [3.05, 3.63) is 66.5 Å². The van der Waals surface area contributed by atoms with Crippen molar-refractivity contribution in [3.8, 4) is 5.69 Å². The number of fused-ring (bicyclic) bond motifs is 1. The third-order valence-electron chi connectivity index (χ3n) is 4.56. The SMILES string of the molecule is Cc1cc2ncn(CC(O)Cn3cc(-n4cccc4)cn3)c2cc1C. The maximum absolute atomic E-state index is 10.5. The molecule has 0 bridgehead atoms. The number of aliphatic hydroxyl groups is 1. The maximum atomic E-state index is 10.5. The van der Waals surface area contributed by atoms with Crippen LogP contribution in [-0.2, 0) is 13.1 Å². The van der Waals surface area contributed by atoms with Crippen LogP contribution in [0.25, 0.3) is 16.7 Å². The number of aliphatic hydroxyl groups excluding tert-OH is 1. The van der Waals surface area contributed by atoms with Gasteiger partial charge in [0.05, 0.1) is 48.4 Å². The van der Waals surface area contributed by atoms with Gasteiger partial charge in [0.25, 0.3) is 0 Å². The Hall–Kier alpha value is -2.86. The molecule has 0 radical (unpaired) electrons. The van der Waals surface area contributed by atoms with E-state index in [4.69, 9.17) is 0 Å². The van der Waals surface area contributed by atoms with E-state index in [0.29, 0.717) is 13.1 Å². The molecule has 0 saturated heterocycles. The fraction of sp³-hybridized carbons (Fsp3) is 0.263. The minimum atomic E-state index is -0.545. The van der Waals surface area contributed by atoms with Crippen molar-refractivity contribution in [2.45, 2.75) is 33.0 Å². The van der Waals surface area contributed by atoms with Crippen molar-refractivity contribution < 1.29 is 5.11 Å². The third-order valence-corrected chi connectivity index (χ3v) is 4.56. The lowest BCUT2D eigenvalue weighted by atomic mass is 10.1. The second-order valence-electron chi connectivity index (χ2n) is 6.49. The molecule has 1 N–H and O–H groups in total. The normalized spacial score (nSPS) is 12.8. The molecular formula is C19H21N5O. The van der Waals surface area contributed by atoms with Crippen LogP contribution >= 0.6 is 0 Å². The summed E-state index contributed by atoms with van der Waals surface area (Å²) in [5, 5.41) is 14.8. The van der Waals surface area contributed by atoms with Crippen LogP contribution in [0, 0.1) is 13.8 Å². The fourth-order valence-corrected chi connectivity index (χ4v) is 3.05. The van der Waals surface area contributed by atoms with E-state index in [1.807, 2.05) is 39.9 Å². The van der Waals surface area contributed by atoms with Crippen LogP contribution in [-0.4, -0.2) is 35.1 Å². The molecule has 4 aromatic rings. The van der Waals surface area contributed by atoms with Crippen LogP contribution in [0.15, 0.2) is 55.4 Å². The quantitative estimate of drug-likeness (QED) is 0.610. The number of imidazole rings is 1. The average Bonchev–Trinajstić information content (AvgIpc) is 3.30. The molecule has 0 aliphatic heterocycles. The Morgan fingerprint density at radius 1 is 1.08 bits per heavy atom. The molecule has 3 heterocycles. The number of benzene rings is 1. The highest BCUT2D eigenvalue weighted by molar-refractivity contribution is 5.77. The standard InChI is InChI=1S/C19H21N5O/c1-14-7-18-19(8-15(14)2)23(13-20-18)11-17(25)12-24-10-16(9-21-24)22-5-3-4-6-22/h3-10,13,17,25H,11-12H2,1-2H3. The van der Waals surface area contributed by atoms with Crippen LogP contribution in [0.2, 0.25) is 0 Å². The molecule has 4 rings (SSSR count). The van der Waals surface area contributed by atoms with Gasteiger partial charge in [-0.1, -0.05) is 0 Å². The summed E-state index contributed by atoms with van der Waals surface area (Å²) in [6, 6.07) is 8.16. The summed E-state index contributed by atoms with van der Waals surface area (Å²) >= 11 is 0. The molecule has 25 heavy (non-hydrogen) atoms. The molecule has 0 spiro atoms. The molecule has 1 atom stereocenters. The number of aromatic nitrogens is 5. The first kappa shape index (κ1) is 15.7. The van der Waals surface area contributed by atoms with Gasteiger partial charge in [0.15, 0.2) is 0 Å². The Kier molecular flexibility index (Phi) is 3.89. The first-order valence-corrected chi connectivity index (χ1v) is 8.36. The van der Waals surface area contributed by atoms with E-state index < -0.39 is 6.10 Å². The minimum absolute atomic E-state index is 0.436. The number of hydrogen-bond donors (Lipinski definition) is 1. The van der Waals surface area contributed by atoms with Gasteiger partial charge in [-0.25, -0.2) is 4.98 Å². The van der Waals surface area contributed by atoms with Crippen LogP contribution in [0.3, 0.4) is 0 Å². The average molecular weight is 335 g/mol. The summed E-state index contributed by atoms with van der Waals surface area (Å²) in [7, 11) is 0. The van der Waals surface area contributed by atoms with Gasteiger partial charge in [0.1, 0.15) is 0 Å². The first-order chi connectivity index (χ1) is 12.1. The smallest absolute Gasteiger partial charge is 0.0959 e. The largest absolute Gasteiger partial charge is 0.389 e. The molecule has 3 aromatic heterocycles. The van der Waals surface area contributed by atoms with E-state index in [2.05, 4.69) is 36.1 Å². The van der Waals surface area contributed by atoms with Crippen molar-refractivity contribution >= 4 is 11.0 Å². The van der Waals surface area contributed by atoms with Gasteiger partial charge < -0.3 is 14.2 Å². The summed E-state index contributed by atoms with van der Waals surface area (Å²) in [5.74, 6) is 0. The molecule has 1 unspecified atom stereocenters. The van der Waals surface area contributed by atoms with Crippen molar-refractivity contribution in [3.63, 3.8) is 0 Å². The van der Waals surface area contributed by atoms with Gasteiger partial charge in [-0.15, -0.1) is 0 Å². The Balaban J connectivity index is 1.49. The van der Waals surface area contributed by atoms with E-state index in [1.165, 1.54) is 11.1 Å². The number of hydrogen-bond acceptors (Lipinski definition) is 3. The zero-order valence-corrected chi connectivity index (χ0v) is 14.4. The zero-order chi connectivity index (χ0) is 17.4. The number of rotatable bonds is 5.